The van der Waals surface area contributed by atoms with Crippen LogP contribution in [0.25, 0.3) is 0 Å². The van der Waals surface area contributed by atoms with E-state index >= 15 is 0 Å². The van der Waals surface area contributed by atoms with E-state index in [1.165, 1.54) is 7.11 Å². The summed E-state index contributed by atoms with van der Waals surface area (Å²) in [6.45, 7) is 0. The molecular weight excluding hydrogens is 192 g/mol. The predicted octanol–water partition coefficient (Wildman–Crippen LogP) is 1.55. The van der Waals surface area contributed by atoms with Crippen molar-refractivity contribution in [3.8, 4) is 0 Å². The molecule has 3 aliphatic carbocycles. The Labute approximate surface area is 89.2 Å². The molecule has 0 aromatic rings. The summed E-state index contributed by atoms with van der Waals surface area (Å²) in [7, 11) is 1.46. The number of ketones is 1. The van der Waals surface area contributed by atoms with Gasteiger partial charge in [-0.3, -0.25) is 9.59 Å². The van der Waals surface area contributed by atoms with Crippen molar-refractivity contribution < 1.29 is 14.3 Å². The number of hydrogen-bond donors (Lipinski definition) is 0. The molecule has 1 spiro atoms. The molecule has 0 aliphatic heterocycles. The summed E-state index contributed by atoms with van der Waals surface area (Å²) in [6, 6.07) is 0. The minimum atomic E-state index is -0.108. The molecule has 0 N–H and O–H groups in total. The smallest absolute Gasteiger partial charge is 0.309 e. The number of ether oxygens (including phenoxy) is 1. The van der Waals surface area contributed by atoms with Gasteiger partial charge in [0.1, 0.15) is 5.78 Å². The van der Waals surface area contributed by atoms with Crippen LogP contribution in [0, 0.1) is 23.2 Å². The molecule has 0 aromatic heterocycles. The molecule has 4 atom stereocenters. The Balaban J connectivity index is 1.97. The maximum absolute atomic E-state index is 11.9. The zero-order valence-electron chi connectivity index (χ0n) is 8.99. The van der Waals surface area contributed by atoms with Crippen LogP contribution < -0.4 is 0 Å². The lowest BCUT2D eigenvalue weighted by Crippen LogP contribution is -2.38. The Hall–Kier alpha value is -0.860. The van der Waals surface area contributed by atoms with Gasteiger partial charge < -0.3 is 4.74 Å². The van der Waals surface area contributed by atoms with Crippen LogP contribution in [0.2, 0.25) is 0 Å². The summed E-state index contributed by atoms with van der Waals surface area (Å²) < 4.78 is 4.88. The monoisotopic (exact) mass is 208 g/mol. The van der Waals surface area contributed by atoms with Gasteiger partial charge in [-0.25, -0.2) is 0 Å². The average Bonchev–Trinajstić information content (AvgIpc) is 2.82. The van der Waals surface area contributed by atoms with Crippen LogP contribution >= 0.6 is 0 Å². The third-order valence-corrected chi connectivity index (χ3v) is 4.89. The van der Waals surface area contributed by atoms with E-state index in [1.54, 1.807) is 0 Å². The topological polar surface area (TPSA) is 43.4 Å². The van der Waals surface area contributed by atoms with Crippen molar-refractivity contribution in [3.63, 3.8) is 0 Å². The zero-order chi connectivity index (χ0) is 10.6. The van der Waals surface area contributed by atoms with E-state index in [0.717, 1.165) is 25.7 Å². The minimum absolute atomic E-state index is 0.0233. The zero-order valence-corrected chi connectivity index (χ0v) is 8.99. The van der Waals surface area contributed by atoms with E-state index in [2.05, 4.69) is 0 Å². The Kier molecular flexibility index (Phi) is 1.77. The highest BCUT2D eigenvalue weighted by atomic mass is 16.5. The molecule has 3 nitrogen and oxygen atoms in total. The third-order valence-electron chi connectivity index (χ3n) is 4.89. The summed E-state index contributed by atoms with van der Waals surface area (Å²) >= 11 is 0. The van der Waals surface area contributed by atoms with Crippen LogP contribution in [0.1, 0.15) is 32.1 Å². The summed E-state index contributed by atoms with van der Waals surface area (Å²) in [6.07, 6.45) is 4.74. The van der Waals surface area contributed by atoms with Gasteiger partial charge in [0.2, 0.25) is 0 Å². The highest BCUT2D eigenvalue weighted by molar-refractivity contribution is 5.92. The molecule has 2 bridgehead atoms. The molecule has 3 aliphatic rings. The van der Waals surface area contributed by atoms with Crippen molar-refractivity contribution in [2.45, 2.75) is 32.1 Å². The average molecular weight is 208 g/mol. The molecule has 0 amide bonds. The van der Waals surface area contributed by atoms with Gasteiger partial charge in [-0.2, -0.15) is 0 Å². The first-order valence-electron chi connectivity index (χ1n) is 5.80. The fourth-order valence-corrected chi connectivity index (χ4v) is 4.39. The van der Waals surface area contributed by atoms with Crippen molar-refractivity contribution in [1.29, 1.82) is 0 Å². The molecule has 0 saturated heterocycles. The fraction of sp³-hybridized carbons (Fsp3) is 0.833. The van der Waals surface area contributed by atoms with Crippen molar-refractivity contribution in [2.24, 2.45) is 23.2 Å². The van der Waals surface area contributed by atoms with E-state index in [4.69, 9.17) is 4.74 Å². The van der Waals surface area contributed by atoms with Crippen molar-refractivity contribution in [3.05, 3.63) is 0 Å². The lowest BCUT2D eigenvalue weighted by Gasteiger charge is -2.31. The molecule has 82 valence electrons. The normalized spacial score (nSPS) is 47.0. The van der Waals surface area contributed by atoms with Gasteiger partial charge in [0, 0.05) is 11.8 Å². The number of carbonyl (C=O) groups excluding carboxylic acids is 2. The van der Waals surface area contributed by atoms with Crippen LogP contribution in [-0.2, 0) is 14.3 Å². The number of hydrogen-bond acceptors (Lipinski definition) is 3. The molecule has 3 fully saturated rings. The van der Waals surface area contributed by atoms with E-state index in [0.29, 0.717) is 18.1 Å². The molecule has 0 heterocycles. The van der Waals surface area contributed by atoms with E-state index in [9.17, 15) is 9.59 Å². The maximum atomic E-state index is 11.9. The Morgan fingerprint density at radius 3 is 3.07 bits per heavy atom. The fourth-order valence-electron chi connectivity index (χ4n) is 4.39. The van der Waals surface area contributed by atoms with Gasteiger partial charge in [-0.1, -0.05) is 6.42 Å². The van der Waals surface area contributed by atoms with Crippen molar-refractivity contribution >= 4 is 11.8 Å². The number of esters is 1. The lowest BCUT2D eigenvalue weighted by atomic mass is 9.72. The summed E-state index contributed by atoms with van der Waals surface area (Å²) in [5.41, 5.74) is -0.108. The van der Waals surface area contributed by atoms with Gasteiger partial charge in [0.15, 0.2) is 0 Å². The van der Waals surface area contributed by atoms with Gasteiger partial charge >= 0.3 is 5.97 Å². The van der Waals surface area contributed by atoms with Gasteiger partial charge in [-0.05, 0) is 31.1 Å². The summed E-state index contributed by atoms with van der Waals surface area (Å²) in [5.74, 6) is 0.957. The van der Waals surface area contributed by atoms with Crippen LogP contribution in [0.15, 0.2) is 0 Å². The quantitative estimate of drug-likeness (QED) is 0.614. The third kappa shape index (κ3) is 0.963. The first-order valence-corrected chi connectivity index (χ1v) is 5.80. The van der Waals surface area contributed by atoms with Crippen LogP contribution in [-0.4, -0.2) is 18.9 Å². The first-order chi connectivity index (χ1) is 7.19. The summed E-state index contributed by atoms with van der Waals surface area (Å²) in [4.78, 5) is 23.7. The van der Waals surface area contributed by atoms with Crippen LogP contribution in [0.5, 0.6) is 0 Å². The molecule has 15 heavy (non-hydrogen) atoms. The molecule has 3 saturated carbocycles. The highest BCUT2D eigenvalue weighted by Crippen LogP contribution is 2.65. The van der Waals surface area contributed by atoms with Gasteiger partial charge in [-0.15, -0.1) is 0 Å². The second kappa shape index (κ2) is 2.83. The Bertz CT molecular complexity index is 336. The van der Waals surface area contributed by atoms with Crippen molar-refractivity contribution in [1.82, 2.24) is 0 Å². The standard InChI is InChI=1S/C12H16O3/c1-15-11(14)10-7-5-9(13)12(6-7)4-2-3-8(10)12/h7-8,10H,2-6H2,1H3/t7-,8?,10-,12+/m1/s1. The highest BCUT2D eigenvalue weighted by Gasteiger charge is 2.66. The molecule has 0 aromatic carbocycles. The molecular formula is C12H16O3. The van der Waals surface area contributed by atoms with Gasteiger partial charge in [0.25, 0.3) is 0 Å². The van der Waals surface area contributed by atoms with E-state index < -0.39 is 0 Å². The Morgan fingerprint density at radius 1 is 1.53 bits per heavy atom. The number of methoxy groups -OCH3 is 1. The first kappa shape index (κ1) is 9.37. The number of rotatable bonds is 1. The molecule has 1 unspecified atom stereocenters. The molecule has 3 rings (SSSR count). The van der Waals surface area contributed by atoms with Crippen LogP contribution in [0.3, 0.4) is 0 Å². The maximum Gasteiger partial charge on any atom is 0.309 e. The van der Waals surface area contributed by atoms with Crippen LogP contribution in [0.4, 0.5) is 0 Å². The van der Waals surface area contributed by atoms with E-state index in [1.807, 2.05) is 0 Å². The Morgan fingerprint density at radius 2 is 2.33 bits per heavy atom. The predicted molar refractivity (Wildman–Crippen MR) is 53.0 cm³/mol. The number of fused-ring (bicyclic) bond motifs is 1. The number of Topliss-reactive ketones (excluding diaryl/α,β-unsaturated/α-hetero) is 1. The molecule has 0 radical (unpaired) electrons. The minimum Gasteiger partial charge on any atom is -0.469 e. The van der Waals surface area contributed by atoms with E-state index in [-0.39, 0.29) is 23.2 Å². The van der Waals surface area contributed by atoms with Crippen molar-refractivity contribution in [2.75, 3.05) is 7.11 Å². The lowest BCUT2D eigenvalue weighted by molar-refractivity contribution is -0.151. The SMILES string of the molecule is COC(=O)[C@H]1C2CCC[C@]23C[C@H]1CC3=O. The second-order valence-electron chi connectivity index (χ2n) is 5.30. The number of carbonyl (C=O) groups is 2. The summed E-state index contributed by atoms with van der Waals surface area (Å²) in [5, 5.41) is 0. The molecule has 3 heteroatoms. The van der Waals surface area contributed by atoms with Gasteiger partial charge in [0.05, 0.1) is 13.0 Å². The largest absolute Gasteiger partial charge is 0.469 e. The second-order valence-corrected chi connectivity index (χ2v) is 5.30.